The average Bonchev–Trinajstić information content (AvgIpc) is 2.44. The average molecular weight is 342 g/mol. The van der Waals surface area contributed by atoms with E-state index < -0.39 is 40.1 Å². The topological polar surface area (TPSA) is 108 Å². The zero-order chi connectivity index (χ0) is 18.5. The number of ether oxygens (including phenoxy) is 2. The number of carbonyl (C=O) groups excluding carboxylic acids is 2. The van der Waals surface area contributed by atoms with Crippen molar-refractivity contribution in [1.29, 1.82) is 0 Å². The second-order valence-electron chi connectivity index (χ2n) is 5.95. The van der Waals surface area contributed by atoms with Crippen LogP contribution in [-0.2, 0) is 14.3 Å². The van der Waals surface area contributed by atoms with Crippen LogP contribution in [0.1, 0.15) is 38.8 Å². The van der Waals surface area contributed by atoms with Crippen molar-refractivity contribution in [1.82, 2.24) is 5.32 Å². The van der Waals surface area contributed by atoms with Gasteiger partial charge in [-0.2, -0.15) is 4.39 Å². The van der Waals surface area contributed by atoms with Crippen molar-refractivity contribution in [2.75, 3.05) is 7.11 Å². The molecule has 0 aliphatic rings. The highest BCUT2D eigenvalue weighted by molar-refractivity contribution is 5.73. The maximum Gasteiger partial charge on any atom is 0.408 e. The summed E-state index contributed by atoms with van der Waals surface area (Å²) in [6.07, 6.45) is -1.11. The van der Waals surface area contributed by atoms with Gasteiger partial charge in [0.05, 0.1) is 24.5 Å². The number of benzene rings is 1. The minimum absolute atomic E-state index is 0.180. The Bertz CT molecular complexity index is 641. The number of rotatable bonds is 5. The number of methoxy groups -OCH3 is 1. The molecule has 0 aliphatic heterocycles. The van der Waals surface area contributed by atoms with Gasteiger partial charge < -0.3 is 14.8 Å². The van der Waals surface area contributed by atoms with Gasteiger partial charge in [-0.1, -0.05) is 6.07 Å². The molecule has 1 atom stereocenters. The number of halogens is 1. The lowest BCUT2D eigenvalue weighted by atomic mass is 10.0. The van der Waals surface area contributed by atoms with Crippen LogP contribution < -0.4 is 5.32 Å². The Morgan fingerprint density at radius 3 is 2.50 bits per heavy atom. The first-order valence-electron chi connectivity index (χ1n) is 7.03. The van der Waals surface area contributed by atoms with Gasteiger partial charge in [0.25, 0.3) is 0 Å². The van der Waals surface area contributed by atoms with Gasteiger partial charge >= 0.3 is 17.7 Å². The number of nitro benzene ring substituents is 1. The van der Waals surface area contributed by atoms with Crippen LogP contribution in [0.2, 0.25) is 0 Å². The van der Waals surface area contributed by atoms with Crippen LogP contribution in [0.5, 0.6) is 0 Å². The van der Waals surface area contributed by atoms with Gasteiger partial charge in [-0.25, -0.2) is 4.79 Å². The summed E-state index contributed by atoms with van der Waals surface area (Å²) in [6, 6.07) is 2.13. The predicted octanol–water partition coefficient (Wildman–Crippen LogP) is 2.86. The SMILES string of the molecule is COC(=O)CC(NC(=O)OC(C)(C)C)c1ccc(F)c([N+](=O)[O-])c1. The second-order valence-corrected chi connectivity index (χ2v) is 5.95. The largest absolute Gasteiger partial charge is 0.469 e. The number of hydrogen-bond donors (Lipinski definition) is 1. The highest BCUT2D eigenvalue weighted by atomic mass is 19.1. The predicted molar refractivity (Wildman–Crippen MR) is 81.8 cm³/mol. The number of hydrogen-bond acceptors (Lipinski definition) is 6. The van der Waals surface area contributed by atoms with Gasteiger partial charge in [0, 0.05) is 6.07 Å². The normalized spacial score (nSPS) is 12.2. The maximum absolute atomic E-state index is 13.5. The first-order valence-corrected chi connectivity index (χ1v) is 7.03. The van der Waals surface area contributed by atoms with Crippen LogP contribution in [0.15, 0.2) is 18.2 Å². The first-order chi connectivity index (χ1) is 11.0. The molecule has 0 heterocycles. The molecule has 0 saturated heterocycles. The minimum Gasteiger partial charge on any atom is -0.469 e. The van der Waals surface area contributed by atoms with E-state index in [4.69, 9.17) is 4.74 Å². The number of esters is 1. The van der Waals surface area contributed by atoms with E-state index in [1.807, 2.05) is 0 Å². The standard InChI is InChI=1S/C15H19FN2O6/c1-15(2,3)24-14(20)17-11(8-13(19)23-4)9-5-6-10(16)12(7-9)18(21)22/h5-7,11H,8H2,1-4H3,(H,17,20). The fourth-order valence-corrected chi connectivity index (χ4v) is 1.84. The second kappa shape index (κ2) is 7.71. The molecule has 0 aliphatic carbocycles. The summed E-state index contributed by atoms with van der Waals surface area (Å²) in [6.45, 7) is 4.97. The number of amides is 1. The number of nitrogens with zero attached hydrogens (tertiary/aromatic N) is 1. The summed E-state index contributed by atoms with van der Waals surface area (Å²) in [5.74, 6) is -1.67. The zero-order valence-corrected chi connectivity index (χ0v) is 13.8. The number of carbonyl (C=O) groups is 2. The van der Waals surface area contributed by atoms with Crippen LogP contribution in [0.25, 0.3) is 0 Å². The molecule has 9 heteroatoms. The Balaban J connectivity index is 3.10. The lowest BCUT2D eigenvalue weighted by Gasteiger charge is -2.23. The van der Waals surface area contributed by atoms with E-state index in [1.54, 1.807) is 20.8 Å². The van der Waals surface area contributed by atoms with E-state index in [1.165, 1.54) is 13.2 Å². The summed E-state index contributed by atoms with van der Waals surface area (Å²) >= 11 is 0. The minimum atomic E-state index is -1.02. The third kappa shape index (κ3) is 5.82. The molecule has 24 heavy (non-hydrogen) atoms. The molecule has 1 unspecified atom stereocenters. The van der Waals surface area contributed by atoms with Crippen LogP contribution in [0.4, 0.5) is 14.9 Å². The van der Waals surface area contributed by atoms with Crippen molar-refractivity contribution in [2.45, 2.75) is 38.8 Å². The van der Waals surface area contributed by atoms with Crippen molar-refractivity contribution < 1.29 is 28.4 Å². The van der Waals surface area contributed by atoms with Crippen LogP contribution in [-0.4, -0.2) is 29.7 Å². The molecule has 0 aromatic heterocycles. The third-order valence-corrected chi connectivity index (χ3v) is 2.86. The monoisotopic (exact) mass is 342 g/mol. The molecule has 1 aromatic carbocycles. The molecule has 0 saturated carbocycles. The smallest absolute Gasteiger partial charge is 0.408 e. The fourth-order valence-electron chi connectivity index (χ4n) is 1.84. The highest BCUT2D eigenvalue weighted by Crippen LogP contribution is 2.25. The Kier molecular flexibility index (Phi) is 6.21. The van der Waals surface area contributed by atoms with Gasteiger partial charge in [0.15, 0.2) is 0 Å². The van der Waals surface area contributed by atoms with Gasteiger partial charge in [-0.3, -0.25) is 14.9 Å². The van der Waals surface area contributed by atoms with Crippen molar-refractivity contribution in [2.24, 2.45) is 0 Å². The number of nitrogens with one attached hydrogen (secondary N) is 1. The third-order valence-electron chi connectivity index (χ3n) is 2.86. The zero-order valence-electron chi connectivity index (χ0n) is 13.8. The van der Waals surface area contributed by atoms with E-state index in [9.17, 15) is 24.1 Å². The van der Waals surface area contributed by atoms with Crippen molar-refractivity contribution in [3.63, 3.8) is 0 Å². The lowest BCUT2D eigenvalue weighted by molar-refractivity contribution is -0.387. The van der Waals surface area contributed by atoms with Crippen LogP contribution in [0, 0.1) is 15.9 Å². The molecular formula is C15H19FN2O6. The van der Waals surface area contributed by atoms with E-state index >= 15 is 0 Å². The quantitative estimate of drug-likeness (QED) is 0.501. The maximum atomic E-state index is 13.5. The molecule has 8 nitrogen and oxygen atoms in total. The van der Waals surface area contributed by atoms with Gasteiger partial charge in [0.1, 0.15) is 5.60 Å². The summed E-state index contributed by atoms with van der Waals surface area (Å²) in [5, 5.41) is 13.3. The molecule has 1 rings (SSSR count). The number of nitro groups is 1. The van der Waals surface area contributed by atoms with E-state index in [2.05, 4.69) is 10.1 Å². The van der Waals surface area contributed by atoms with Gasteiger partial charge in [-0.15, -0.1) is 0 Å². The van der Waals surface area contributed by atoms with Crippen molar-refractivity contribution in [3.05, 3.63) is 39.7 Å². The Labute approximate surface area is 138 Å². The molecule has 1 aromatic rings. The lowest BCUT2D eigenvalue weighted by Crippen LogP contribution is -2.36. The van der Waals surface area contributed by atoms with Crippen molar-refractivity contribution >= 4 is 17.7 Å². The molecule has 132 valence electrons. The molecule has 0 fully saturated rings. The van der Waals surface area contributed by atoms with Crippen LogP contribution in [0.3, 0.4) is 0 Å². The fraction of sp³-hybridized carbons (Fsp3) is 0.467. The van der Waals surface area contributed by atoms with Crippen LogP contribution >= 0.6 is 0 Å². The first kappa shape index (κ1) is 19.3. The van der Waals surface area contributed by atoms with E-state index in [0.717, 1.165) is 12.1 Å². The molecular weight excluding hydrogens is 323 g/mol. The Morgan fingerprint density at radius 2 is 2.00 bits per heavy atom. The summed E-state index contributed by atoms with van der Waals surface area (Å²) in [4.78, 5) is 33.4. The molecule has 0 radical (unpaired) electrons. The summed E-state index contributed by atoms with van der Waals surface area (Å²) < 4.78 is 23.1. The van der Waals surface area contributed by atoms with Gasteiger partial charge in [-0.05, 0) is 32.4 Å². The van der Waals surface area contributed by atoms with E-state index in [0.29, 0.717) is 0 Å². The number of alkyl carbamates (subject to hydrolysis) is 1. The van der Waals surface area contributed by atoms with E-state index in [-0.39, 0.29) is 12.0 Å². The highest BCUT2D eigenvalue weighted by Gasteiger charge is 2.25. The van der Waals surface area contributed by atoms with Crippen molar-refractivity contribution in [3.8, 4) is 0 Å². The Morgan fingerprint density at radius 1 is 1.38 bits per heavy atom. The summed E-state index contributed by atoms with van der Waals surface area (Å²) in [7, 11) is 1.17. The Hall–Kier alpha value is -2.71. The summed E-state index contributed by atoms with van der Waals surface area (Å²) in [5.41, 5.74) is -1.35. The van der Waals surface area contributed by atoms with Gasteiger partial charge in [0.2, 0.25) is 5.82 Å². The molecule has 0 bridgehead atoms. The molecule has 0 spiro atoms. The molecule has 1 N–H and O–H groups in total. The molecule has 1 amide bonds.